The van der Waals surface area contributed by atoms with Gasteiger partial charge in [0.15, 0.2) is 5.60 Å². The predicted molar refractivity (Wildman–Crippen MR) is 44.2 cm³/mol. The molecule has 1 aliphatic heterocycles. The summed E-state index contributed by atoms with van der Waals surface area (Å²) in [5, 5.41) is 0. The molecule has 5 heteroatoms. The zero-order valence-electron chi connectivity index (χ0n) is 7.88. The zero-order valence-corrected chi connectivity index (χ0v) is 7.88. The van der Waals surface area contributed by atoms with Crippen LogP contribution in [0.2, 0.25) is 0 Å². The van der Waals surface area contributed by atoms with Crippen molar-refractivity contribution in [2.75, 3.05) is 40.5 Å². The van der Waals surface area contributed by atoms with E-state index in [0.717, 1.165) is 0 Å². The average molecular weight is 191 g/mol. The lowest BCUT2D eigenvalue weighted by molar-refractivity contribution is -0.188. The molecule has 4 nitrogen and oxygen atoms in total. The highest BCUT2D eigenvalue weighted by Gasteiger charge is 2.50. The van der Waals surface area contributed by atoms with Crippen molar-refractivity contribution in [1.82, 2.24) is 4.90 Å². The number of nitrogens with zero attached hydrogens (tertiary/aromatic N) is 1. The Hall–Kier alpha value is -0.680. The Balaban J connectivity index is 2.45. The number of alkyl halides is 1. The average Bonchev–Trinajstić information content (AvgIpc) is 2.09. The summed E-state index contributed by atoms with van der Waals surface area (Å²) in [5.41, 5.74) is -0.857. The number of carbonyl (C=O) groups is 1. The Morgan fingerprint density at radius 2 is 2.15 bits per heavy atom. The topological polar surface area (TPSA) is 38.8 Å². The molecule has 0 aliphatic carbocycles. The molecular formula is C8H14FNO3. The molecule has 0 amide bonds. The second kappa shape index (κ2) is 4.02. The maximum absolute atomic E-state index is 11.9. The van der Waals surface area contributed by atoms with E-state index < -0.39 is 12.3 Å². The lowest BCUT2D eigenvalue weighted by Gasteiger charge is -2.46. The maximum atomic E-state index is 11.9. The highest BCUT2D eigenvalue weighted by Crippen LogP contribution is 2.25. The molecule has 0 aromatic rings. The van der Waals surface area contributed by atoms with Crippen LogP contribution in [-0.4, -0.2) is 57.0 Å². The molecule has 0 saturated carbocycles. The summed E-state index contributed by atoms with van der Waals surface area (Å²) in [6.07, 6.45) is 0. The molecule has 1 heterocycles. The largest absolute Gasteiger partial charge is 0.467 e. The van der Waals surface area contributed by atoms with Crippen molar-refractivity contribution in [2.45, 2.75) is 5.60 Å². The third-order valence-electron chi connectivity index (χ3n) is 2.31. The van der Waals surface area contributed by atoms with Crippen molar-refractivity contribution in [3.63, 3.8) is 0 Å². The van der Waals surface area contributed by atoms with Gasteiger partial charge in [-0.25, -0.2) is 9.18 Å². The zero-order chi connectivity index (χ0) is 9.90. The second-order valence-corrected chi connectivity index (χ2v) is 3.09. The number of rotatable bonds is 4. The summed E-state index contributed by atoms with van der Waals surface area (Å²) in [7, 11) is 2.78. The summed E-state index contributed by atoms with van der Waals surface area (Å²) in [4.78, 5) is 13.0. The number of hydrogen-bond acceptors (Lipinski definition) is 4. The fourth-order valence-electron chi connectivity index (χ4n) is 1.48. The number of carbonyl (C=O) groups excluding carboxylic acids is 1. The molecule has 0 spiro atoms. The van der Waals surface area contributed by atoms with E-state index in [0.29, 0.717) is 19.6 Å². The van der Waals surface area contributed by atoms with Gasteiger partial charge in [-0.15, -0.1) is 0 Å². The first-order valence-corrected chi connectivity index (χ1v) is 4.10. The molecule has 0 radical (unpaired) electrons. The molecule has 1 aliphatic rings. The second-order valence-electron chi connectivity index (χ2n) is 3.09. The van der Waals surface area contributed by atoms with Gasteiger partial charge in [-0.1, -0.05) is 0 Å². The summed E-state index contributed by atoms with van der Waals surface area (Å²) in [6.45, 7) is 0.781. The molecule has 1 fully saturated rings. The Kier molecular flexibility index (Phi) is 3.22. The van der Waals surface area contributed by atoms with Crippen molar-refractivity contribution in [1.29, 1.82) is 0 Å². The van der Waals surface area contributed by atoms with E-state index in [1.54, 1.807) is 4.90 Å². The van der Waals surface area contributed by atoms with E-state index in [1.807, 2.05) is 0 Å². The van der Waals surface area contributed by atoms with E-state index >= 15 is 0 Å². The van der Waals surface area contributed by atoms with Crippen molar-refractivity contribution >= 4 is 5.97 Å². The number of methoxy groups -OCH3 is 2. The van der Waals surface area contributed by atoms with Gasteiger partial charge in [-0.05, 0) is 0 Å². The molecule has 0 aromatic heterocycles. The Labute approximate surface area is 76.6 Å². The highest BCUT2D eigenvalue weighted by atomic mass is 19.1. The number of halogens is 1. The maximum Gasteiger partial charge on any atom is 0.340 e. The van der Waals surface area contributed by atoms with Crippen molar-refractivity contribution < 1.29 is 18.7 Å². The quantitative estimate of drug-likeness (QED) is 0.578. The monoisotopic (exact) mass is 191 g/mol. The van der Waals surface area contributed by atoms with Gasteiger partial charge < -0.3 is 9.47 Å². The standard InChI is InChI=1S/C8H14FNO3/c1-12-7(11)8(13-2)5-10(6-8)4-3-9/h3-6H2,1-2H3. The molecule has 0 unspecified atom stereocenters. The van der Waals surface area contributed by atoms with Gasteiger partial charge in [-0.2, -0.15) is 0 Å². The number of likely N-dealkylation sites (tertiary alicyclic amines) is 1. The minimum atomic E-state index is -0.857. The summed E-state index contributed by atoms with van der Waals surface area (Å²) >= 11 is 0. The van der Waals surface area contributed by atoms with E-state index in [9.17, 15) is 9.18 Å². The minimum Gasteiger partial charge on any atom is -0.467 e. The molecule has 1 rings (SSSR count). The van der Waals surface area contributed by atoms with Crippen LogP contribution in [0.3, 0.4) is 0 Å². The lowest BCUT2D eigenvalue weighted by atomic mass is 9.94. The smallest absolute Gasteiger partial charge is 0.340 e. The van der Waals surface area contributed by atoms with Crippen molar-refractivity contribution in [3.05, 3.63) is 0 Å². The first-order valence-electron chi connectivity index (χ1n) is 4.10. The van der Waals surface area contributed by atoms with E-state index in [-0.39, 0.29) is 5.97 Å². The lowest BCUT2D eigenvalue weighted by Crippen LogP contribution is -2.67. The molecule has 0 aromatic carbocycles. The van der Waals surface area contributed by atoms with Crippen LogP contribution in [0.4, 0.5) is 4.39 Å². The highest BCUT2D eigenvalue weighted by molar-refractivity contribution is 5.81. The van der Waals surface area contributed by atoms with Crippen LogP contribution in [0.25, 0.3) is 0 Å². The van der Waals surface area contributed by atoms with E-state index in [1.165, 1.54) is 14.2 Å². The van der Waals surface area contributed by atoms with E-state index in [4.69, 9.17) is 4.74 Å². The van der Waals surface area contributed by atoms with Gasteiger partial charge in [0.05, 0.1) is 7.11 Å². The Bertz CT molecular complexity index is 192. The summed E-state index contributed by atoms with van der Waals surface area (Å²) < 4.78 is 21.6. The fourth-order valence-corrected chi connectivity index (χ4v) is 1.48. The van der Waals surface area contributed by atoms with Crippen LogP contribution in [0.1, 0.15) is 0 Å². The minimum absolute atomic E-state index is 0.349. The summed E-state index contributed by atoms with van der Waals surface area (Å²) in [6, 6.07) is 0. The number of ether oxygens (including phenoxy) is 2. The Morgan fingerprint density at radius 1 is 1.54 bits per heavy atom. The third-order valence-corrected chi connectivity index (χ3v) is 2.31. The first-order chi connectivity index (χ1) is 6.18. The van der Waals surface area contributed by atoms with Gasteiger partial charge in [0, 0.05) is 26.7 Å². The van der Waals surface area contributed by atoms with Gasteiger partial charge >= 0.3 is 5.97 Å². The third kappa shape index (κ3) is 1.81. The van der Waals surface area contributed by atoms with Crippen LogP contribution in [0.15, 0.2) is 0 Å². The Morgan fingerprint density at radius 3 is 2.54 bits per heavy atom. The number of hydrogen-bond donors (Lipinski definition) is 0. The van der Waals surface area contributed by atoms with Gasteiger partial charge in [0.25, 0.3) is 0 Å². The predicted octanol–water partition coefficient (Wildman–Crippen LogP) is -0.170. The van der Waals surface area contributed by atoms with Gasteiger partial charge in [-0.3, -0.25) is 4.90 Å². The fraction of sp³-hybridized carbons (Fsp3) is 0.875. The van der Waals surface area contributed by atoms with Crippen molar-refractivity contribution in [3.8, 4) is 0 Å². The van der Waals surface area contributed by atoms with Crippen molar-refractivity contribution in [2.24, 2.45) is 0 Å². The van der Waals surface area contributed by atoms with E-state index in [2.05, 4.69) is 4.74 Å². The molecular weight excluding hydrogens is 177 g/mol. The normalized spacial score (nSPS) is 20.8. The summed E-state index contributed by atoms with van der Waals surface area (Å²) in [5.74, 6) is -0.384. The molecule has 0 atom stereocenters. The van der Waals surface area contributed by atoms with Crippen LogP contribution >= 0.6 is 0 Å². The molecule has 0 N–H and O–H groups in total. The first kappa shape index (κ1) is 10.4. The molecule has 76 valence electrons. The SMILES string of the molecule is COC(=O)C1(OC)CN(CCF)C1. The van der Waals surface area contributed by atoms with Crippen LogP contribution in [0.5, 0.6) is 0 Å². The van der Waals surface area contributed by atoms with Crippen LogP contribution < -0.4 is 0 Å². The van der Waals surface area contributed by atoms with Crippen LogP contribution in [0, 0.1) is 0 Å². The number of esters is 1. The molecule has 1 saturated heterocycles. The molecule has 13 heavy (non-hydrogen) atoms. The van der Waals surface area contributed by atoms with Gasteiger partial charge in [0.2, 0.25) is 0 Å². The molecule has 0 bridgehead atoms. The van der Waals surface area contributed by atoms with Crippen LogP contribution in [-0.2, 0) is 14.3 Å². The van der Waals surface area contributed by atoms with Gasteiger partial charge in [0.1, 0.15) is 6.67 Å².